The van der Waals surface area contributed by atoms with Gasteiger partial charge >= 0.3 is 5.97 Å². The van der Waals surface area contributed by atoms with Gasteiger partial charge in [0.15, 0.2) is 10.7 Å². The van der Waals surface area contributed by atoms with E-state index < -0.39 is 11.8 Å². The minimum Gasteiger partial charge on any atom is -0.476 e. The molecule has 3 heterocycles. The van der Waals surface area contributed by atoms with E-state index in [1.165, 1.54) is 17.4 Å². The van der Waals surface area contributed by atoms with E-state index in [0.717, 1.165) is 13.1 Å². The molecule has 0 radical (unpaired) electrons. The second-order valence-corrected chi connectivity index (χ2v) is 7.16. The van der Waals surface area contributed by atoms with Crippen LogP contribution in [0.4, 0.5) is 10.2 Å². The third-order valence-corrected chi connectivity index (χ3v) is 5.85. The highest BCUT2D eigenvalue weighted by Gasteiger charge is 2.28. The molecular formula is C15H14ClFN4O2S. The van der Waals surface area contributed by atoms with Gasteiger partial charge in [-0.15, -0.1) is 0 Å². The van der Waals surface area contributed by atoms with Gasteiger partial charge in [0.2, 0.25) is 0 Å². The molecule has 1 aliphatic heterocycles. The normalized spacial score (nSPS) is 16.4. The standard InChI is InChI=1S/C15H14ClFN4O2S/c1-19-4-6-20(7-5-19)13-11(14(22)23)18-15-21(13)9-3-2-8(17)10(16)12(9)24-15/h2-3H,4-7H2,1H3,(H,22,23). The number of rotatable bonds is 2. The lowest BCUT2D eigenvalue weighted by Gasteiger charge is -2.33. The zero-order chi connectivity index (χ0) is 17.0. The first-order valence-corrected chi connectivity index (χ1v) is 8.62. The zero-order valence-electron chi connectivity index (χ0n) is 12.8. The monoisotopic (exact) mass is 368 g/mol. The Morgan fingerprint density at radius 3 is 2.71 bits per heavy atom. The van der Waals surface area contributed by atoms with Crippen molar-refractivity contribution in [3.8, 4) is 0 Å². The van der Waals surface area contributed by atoms with Crippen LogP contribution in [0.1, 0.15) is 10.5 Å². The van der Waals surface area contributed by atoms with Crippen LogP contribution in [0.25, 0.3) is 15.2 Å². The number of hydrogen-bond donors (Lipinski definition) is 1. The molecule has 126 valence electrons. The van der Waals surface area contributed by atoms with Crippen molar-refractivity contribution in [2.45, 2.75) is 0 Å². The highest BCUT2D eigenvalue weighted by Crippen LogP contribution is 2.38. The largest absolute Gasteiger partial charge is 0.476 e. The lowest BCUT2D eigenvalue weighted by molar-refractivity contribution is 0.0692. The summed E-state index contributed by atoms with van der Waals surface area (Å²) in [5.41, 5.74) is 0.698. The maximum atomic E-state index is 13.7. The predicted octanol–water partition coefficient (Wildman–Crippen LogP) is 2.79. The second kappa shape index (κ2) is 5.58. The van der Waals surface area contributed by atoms with E-state index in [-0.39, 0.29) is 10.7 Å². The molecule has 3 aromatic rings. The number of benzene rings is 1. The third-order valence-electron chi connectivity index (χ3n) is 4.29. The topological polar surface area (TPSA) is 61.1 Å². The zero-order valence-corrected chi connectivity index (χ0v) is 14.4. The van der Waals surface area contributed by atoms with Gasteiger partial charge in [-0.3, -0.25) is 4.40 Å². The first kappa shape index (κ1) is 15.6. The van der Waals surface area contributed by atoms with Crippen LogP contribution in [0.2, 0.25) is 5.02 Å². The summed E-state index contributed by atoms with van der Waals surface area (Å²) in [5.74, 6) is -1.02. The van der Waals surface area contributed by atoms with E-state index in [9.17, 15) is 14.3 Å². The lowest BCUT2D eigenvalue weighted by atomic mass is 10.3. The molecule has 9 heteroatoms. The van der Waals surface area contributed by atoms with Gasteiger partial charge in [-0.2, -0.15) is 0 Å². The number of thiazole rings is 1. The van der Waals surface area contributed by atoms with Crippen LogP contribution in [0, 0.1) is 5.82 Å². The van der Waals surface area contributed by atoms with Gasteiger partial charge in [-0.05, 0) is 19.2 Å². The average Bonchev–Trinajstić information content (AvgIpc) is 3.08. The number of piperazine rings is 1. The van der Waals surface area contributed by atoms with Crippen LogP contribution < -0.4 is 4.90 Å². The Hall–Kier alpha value is -1.90. The lowest BCUT2D eigenvalue weighted by Crippen LogP contribution is -2.45. The van der Waals surface area contributed by atoms with E-state index in [4.69, 9.17) is 11.6 Å². The third kappa shape index (κ3) is 2.25. The average molecular weight is 369 g/mol. The Labute approximate surface area is 145 Å². The number of fused-ring (bicyclic) bond motifs is 3. The quantitative estimate of drug-likeness (QED) is 0.753. The molecule has 1 aromatic carbocycles. The Kier molecular flexibility index (Phi) is 3.63. The molecule has 1 fully saturated rings. The SMILES string of the molecule is CN1CCN(c2c(C(=O)O)nc3sc4c(Cl)c(F)ccc4n23)CC1. The maximum absolute atomic E-state index is 13.7. The van der Waals surface area contributed by atoms with Gasteiger partial charge in [0.05, 0.1) is 15.2 Å². The summed E-state index contributed by atoms with van der Waals surface area (Å²) in [6, 6.07) is 2.91. The molecule has 0 aliphatic carbocycles. The Bertz CT molecular complexity index is 962. The molecular weight excluding hydrogens is 355 g/mol. The minimum atomic E-state index is -1.07. The van der Waals surface area contributed by atoms with Gasteiger partial charge < -0.3 is 14.9 Å². The van der Waals surface area contributed by atoms with Gasteiger partial charge in [0.25, 0.3) is 0 Å². The first-order chi connectivity index (χ1) is 11.5. The molecule has 1 N–H and O–H groups in total. The number of carboxylic acids is 1. The number of carboxylic acid groups (broad SMARTS) is 1. The molecule has 0 atom stereocenters. The fraction of sp³-hybridized carbons (Fsp3) is 0.333. The van der Waals surface area contributed by atoms with Crippen molar-refractivity contribution in [1.82, 2.24) is 14.3 Å². The van der Waals surface area contributed by atoms with Gasteiger partial charge in [0.1, 0.15) is 11.6 Å². The number of likely N-dealkylation sites (N-methyl/N-ethyl adjacent to an activating group) is 1. The van der Waals surface area contributed by atoms with E-state index in [0.29, 0.717) is 34.1 Å². The Morgan fingerprint density at radius 1 is 1.33 bits per heavy atom. The summed E-state index contributed by atoms with van der Waals surface area (Å²) in [5, 5.41) is 9.59. The molecule has 4 rings (SSSR count). The number of halogens is 2. The van der Waals surface area contributed by atoms with Crippen molar-refractivity contribution in [2.24, 2.45) is 0 Å². The van der Waals surface area contributed by atoms with Crippen LogP contribution in [-0.4, -0.2) is 58.6 Å². The Balaban J connectivity index is 1.99. The van der Waals surface area contributed by atoms with E-state index >= 15 is 0 Å². The highest BCUT2D eigenvalue weighted by molar-refractivity contribution is 7.24. The summed E-state index contributed by atoms with van der Waals surface area (Å²) in [7, 11) is 2.03. The molecule has 24 heavy (non-hydrogen) atoms. The summed E-state index contributed by atoms with van der Waals surface area (Å²) in [6.45, 7) is 3.08. The molecule has 0 saturated carbocycles. The van der Waals surface area contributed by atoms with Crippen molar-refractivity contribution in [1.29, 1.82) is 0 Å². The van der Waals surface area contributed by atoms with Crippen molar-refractivity contribution in [2.75, 3.05) is 38.1 Å². The molecule has 2 aromatic heterocycles. The number of nitrogens with zero attached hydrogens (tertiary/aromatic N) is 4. The number of anilines is 1. The fourth-order valence-electron chi connectivity index (χ4n) is 3.02. The van der Waals surface area contributed by atoms with Crippen LogP contribution in [0.3, 0.4) is 0 Å². The van der Waals surface area contributed by atoms with E-state index in [1.807, 2.05) is 11.9 Å². The predicted molar refractivity (Wildman–Crippen MR) is 92.2 cm³/mol. The minimum absolute atomic E-state index is 0.0214. The summed E-state index contributed by atoms with van der Waals surface area (Å²) >= 11 is 7.27. The molecule has 1 saturated heterocycles. The van der Waals surface area contributed by atoms with Crippen molar-refractivity contribution in [3.63, 3.8) is 0 Å². The van der Waals surface area contributed by atoms with Gasteiger partial charge in [0, 0.05) is 26.2 Å². The number of aromatic nitrogens is 2. The van der Waals surface area contributed by atoms with Crippen molar-refractivity contribution < 1.29 is 14.3 Å². The van der Waals surface area contributed by atoms with Crippen molar-refractivity contribution in [3.05, 3.63) is 28.7 Å². The molecule has 0 unspecified atom stereocenters. The molecule has 1 aliphatic rings. The van der Waals surface area contributed by atoms with Crippen LogP contribution >= 0.6 is 22.9 Å². The number of hydrogen-bond acceptors (Lipinski definition) is 5. The fourth-order valence-corrected chi connectivity index (χ4v) is 4.34. The molecule has 6 nitrogen and oxygen atoms in total. The number of aromatic carboxylic acids is 1. The molecule has 0 bridgehead atoms. The highest BCUT2D eigenvalue weighted by atomic mass is 35.5. The van der Waals surface area contributed by atoms with Gasteiger partial charge in [-0.1, -0.05) is 22.9 Å². The van der Waals surface area contributed by atoms with Gasteiger partial charge in [-0.25, -0.2) is 14.2 Å². The van der Waals surface area contributed by atoms with Crippen LogP contribution in [-0.2, 0) is 0 Å². The van der Waals surface area contributed by atoms with E-state index in [1.54, 1.807) is 10.5 Å². The summed E-state index contributed by atoms with van der Waals surface area (Å²) in [4.78, 5) is 20.6. The smallest absolute Gasteiger partial charge is 0.358 e. The van der Waals surface area contributed by atoms with Crippen LogP contribution in [0.5, 0.6) is 0 Å². The second-order valence-electron chi connectivity index (χ2n) is 5.81. The van der Waals surface area contributed by atoms with Crippen molar-refractivity contribution >= 4 is 49.9 Å². The summed E-state index contributed by atoms with van der Waals surface area (Å²) < 4.78 is 16.1. The summed E-state index contributed by atoms with van der Waals surface area (Å²) in [6.07, 6.45) is 0. The number of imidazole rings is 1. The van der Waals surface area contributed by atoms with Crippen LogP contribution in [0.15, 0.2) is 12.1 Å². The molecule has 0 amide bonds. The first-order valence-electron chi connectivity index (χ1n) is 7.43. The number of carbonyl (C=O) groups is 1. The maximum Gasteiger partial charge on any atom is 0.358 e. The molecule has 0 spiro atoms. The van der Waals surface area contributed by atoms with E-state index in [2.05, 4.69) is 9.88 Å². The Morgan fingerprint density at radius 2 is 2.04 bits per heavy atom.